The lowest BCUT2D eigenvalue weighted by molar-refractivity contribution is 0.607. The number of hydrogen-bond donors (Lipinski definition) is 0. The van der Waals surface area contributed by atoms with Crippen molar-refractivity contribution in [1.82, 2.24) is 0 Å². The summed E-state index contributed by atoms with van der Waals surface area (Å²) in [6.07, 6.45) is 5.10. The Bertz CT molecular complexity index is 735. The van der Waals surface area contributed by atoms with Crippen LogP contribution in [0.3, 0.4) is 0 Å². The summed E-state index contributed by atoms with van der Waals surface area (Å²) in [6.45, 7) is 0. The predicted octanol–water partition coefficient (Wildman–Crippen LogP) is 2.27. The summed E-state index contributed by atoms with van der Waals surface area (Å²) in [5.41, 5.74) is 0.835. The second-order valence-electron chi connectivity index (χ2n) is 4.15. The number of nitrogens with zero attached hydrogens (tertiary/aromatic N) is 1. The number of anilines is 1. The smallest absolute Gasteiger partial charge is 0.245 e. The summed E-state index contributed by atoms with van der Waals surface area (Å²) in [6, 6.07) is 10.8. The van der Waals surface area contributed by atoms with Gasteiger partial charge in [0, 0.05) is 30.4 Å². The highest BCUT2D eigenvalue weighted by atomic mass is 32.2. The maximum absolute atomic E-state index is 11.9. The minimum atomic E-state index is -3.68. The lowest BCUT2D eigenvalue weighted by atomic mass is 10.1. The summed E-state index contributed by atoms with van der Waals surface area (Å²) < 4.78 is 23.9. The van der Waals surface area contributed by atoms with Gasteiger partial charge in [0.25, 0.3) is 0 Å². The van der Waals surface area contributed by atoms with E-state index < -0.39 is 9.84 Å². The summed E-state index contributed by atoms with van der Waals surface area (Å²) >= 11 is 0. The molecule has 0 amide bonds. The third kappa shape index (κ3) is 1.93. The average Bonchev–Trinajstić information content (AvgIpc) is 2.37. The van der Waals surface area contributed by atoms with E-state index in [-0.39, 0.29) is 4.90 Å². The van der Waals surface area contributed by atoms with E-state index in [0.29, 0.717) is 5.39 Å². The molecule has 0 aliphatic carbocycles. The first kappa shape index (κ1) is 12.5. The van der Waals surface area contributed by atoms with Crippen molar-refractivity contribution in [2.75, 3.05) is 19.0 Å². The molecule has 0 aliphatic heterocycles. The molecule has 2 aromatic carbocycles. The number of terminal acetylenes is 1. The summed E-state index contributed by atoms with van der Waals surface area (Å²) in [5, 5.41) is 3.40. The molecule has 0 radical (unpaired) electrons. The number of fused-ring (bicyclic) bond motifs is 1. The standard InChI is InChI=1S/C14H13NO2S/c1-4-18(16,17)13-10-6-8-11-7-5-9-12(14(11)13)15(2)3/h1,5-10H,2-3H3. The fourth-order valence-electron chi connectivity index (χ4n) is 1.95. The molecule has 0 unspecified atom stereocenters. The van der Waals surface area contributed by atoms with Crippen LogP contribution in [0.15, 0.2) is 41.3 Å². The van der Waals surface area contributed by atoms with Crippen molar-refractivity contribution in [1.29, 1.82) is 0 Å². The SMILES string of the molecule is C#CS(=O)(=O)c1cccc2cccc(N(C)C)c12. The van der Waals surface area contributed by atoms with Gasteiger partial charge in [-0.2, -0.15) is 0 Å². The molecule has 0 fully saturated rings. The highest BCUT2D eigenvalue weighted by Crippen LogP contribution is 2.31. The van der Waals surface area contributed by atoms with Gasteiger partial charge in [0.1, 0.15) is 0 Å². The van der Waals surface area contributed by atoms with E-state index in [0.717, 1.165) is 11.1 Å². The third-order valence-electron chi connectivity index (χ3n) is 2.77. The number of rotatable bonds is 2. The van der Waals surface area contributed by atoms with Crippen LogP contribution in [0.25, 0.3) is 10.8 Å². The van der Waals surface area contributed by atoms with E-state index in [9.17, 15) is 8.42 Å². The van der Waals surface area contributed by atoms with Crippen LogP contribution in [0, 0.1) is 11.7 Å². The zero-order valence-corrected chi connectivity index (χ0v) is 11.0. The summed E-state index contributed by atoms with van der Waals surface area (Å²) in [5.74, 6) is 0. The molecule has 18 heavy (non-hydrogen) atoms. The monoisotopic (exact) mass is 259 g/mol. The van der Waals surface area contributed by atoms with E-state index in [2.05, 4.69) is 0 Å². The third-order valence-corrected chi connectivity index (χ3v) is 4.00. The van der Waals surface area contributed by atoms with Gasteiger partial charge in [0.15, 0.2) is 0 Å². The Morgan fingerprint density at radius 3 is 2.28 bits per heavy atom. The molecule has 0 saturated carbocycles. The maximum atomic E-state index is 11.9. The largest absolute Gasteiger partial charge is 0.377 e. The van der Waals surface area contributed by atoms with Crippen LogP contribution in [0.4, 0.5) is 5.69 Å². The number of sulfone groups is 1. The fourth-order valence-corrected chi connectivity index (χ4v) is 2.82. The Labute approximate surface area is 107 Å². The molecular weight excluding hydrogens is 246 g/mol. The van der Waals surface area contributed by atoms with Gasteiger partial charge in [0.2, 0.25) is 9.84 Å². The molecule has 0 atom stereocenters. The van der Waals surface area contributed by atoms with Gasteiger partial charge in [-0.3, -0.25) is 0 Å². The molecule has 0 bridgehead atoms. The van der Waals surface area contributed by atoms with E-state index in [1.807, 2.05) is 48.5 Å². The lowest BCUT2D eigenvalue weighted by Crippen LogP contribution is -2.10. The van der Waals surface area contributed by atoms with Crippen molar-refractivity contribution in [2.24, 2.45) is 0 Å². The molecule has 0 aliphatic rings. The first-order valence-electron chi connectivity index (χ1n) is 5.39. The van der Waals surface area contributed by atoms with Gasteiger partial charge in [0.05, 0.1) is 4.90 Å². The summed E-state index contributed by atoms with van der Waals surface area (Å²) in [4.78, 5) is 2.06. The van der Waals surface area contributed by atoms with Crippen LogP contribution < -0.4 is 4.90 Å². The zero-order chi connectivity index (χ0) is 13.3. The second kappa shape index (κ2) is 4.35. The molecule has 4 heteroatoms. The molecule has 0 N–H and O–H groups in total. The van der Waals surface area contributed by atoms with Crippen LogP contribution in [0.5, 0.6) is 0 Å². The Morgan fingerprint density at radius 2 is 1.72 bits per heavy atom. The minimum Gasteiger partial charge on any atom is -0.377 e. The number of hydrogen-bond acceptors (Lipinski definition) is 3. The molecule has 0 heterocycles. The Kier molecular flexibility index (Phi) is 3.02. The molecule has 0 aromatic heterocycles. The highest BCUT2D eigenvalue weighted by Gasteiger charge is 2.17. The molecule has 0 saturated heterocycles. The lowest BCUT2D eigenvalue weighted by Gasteiger charge is -2.17. The maximum Gasteiger partial charge on any atom is 0.245 e. The molecule has 3 nitrogen and oxygen atoms in total. The van der Waals surface area contributed by atoms with E-state index >= 15 is 0 Å². The van der Waals surface area contributed by atoms with Gasteiger partial charge < -0.3 is 4.90 Å². The Balaban J connectivity index is 2.97. The van der Waals surface area contributed by atoms with Crippen molar-refractivity contribution < 1.29 is 8.42 Å². The molecule has 92 valence electrons. The average molecular weight is 259 g/mol. The highest BCUT2D eigenvalue weighted by molar-refractivity contribution is 7.96. The zero-order valence-electron chi connectivity index (χ0n) is 10.2. The van der Waals surface area contributed by atoms with Crippen molar-refractivity contribution in [3.05, 3.63) is 36.4 Å². The van der Waals surface area contributed by atoms with Crippen molar-refractivity contribution in [3.63, 3.8) is 0 Å². The van der Waals surface area contributed by atoms with E-state index in [1.165, 1.54) is 0 Å². The Morgan fingerprint density at radius 1 is 1.11 bits per heavy atom. The van der Waals surface area contributed by atoms with Crippen LogP contribution in [0.1, 0.15) is 0 Å². The van der Waals surface area contributed by atoms with Gasteiger partial charge in [-0.05, 0) is 17.5 Å². The van der Waals surface area contributed by atoms with Crippen LogP contribution in [-0.2, 0) is 9.84 Å². The quantitative estimate of drug-likeness (QED) is 0.613. The Hall–Kier alpha value is -1.99. The van der Waals surface area contributed by atoms with Crippen molar-refractivity contribution in [2.45, 2.75) is 4.90 Å². The van der Waals surface area contributed by atoms with Crippen LogP contribution in [-0.4, -0.2) is 22.5 Å². The fraction of sp³-hybridized carbons (Fsp3) is 0.143. The molecular formula is C14H13NO2S. The van der Waals surface area contributed by atoms with Gasteiger partial charge in [-0.1, -0.05) is 24.3 Å². The van der Waals surface area contributed by atoms with E-state index in [4.69, 9.17) is 6.42 Å². The number of benzene rings is 2. The second-order valence-corrected chi connectivity index (χ2v) is 5.83. The molecule has 2 rings (SSSR count). The van der Waals surface area contributed by atoms with Crippen LogP contribution >= 0.6 is 0 Å². The van der Waals surface area contributed by atoms with Gasteiger partial charge in [-0.25, -0.2) is 8.42 Å². The van der Waals surface area contributed by atoms with Gasteiger partial charge >= 0.3 is 0 Å². The van der Waals surface area contributed by atoms with Gasteiger partial charge in [-0.15, -0.1) is 6.42 Å². The first-order chi connectivity index (χ1) is 8.47. The minimum absolute atomic E-state index is 0.187. The van der Waals surface area contributed by atoms with Crippen molar-refractivity contribution >= 4 is 26.3 Å². The molecule has 2 aromatic rings. The van der Waals surface area contributed by atoms with Crippen molar-refractivity contribution in [3.8, 4) is 11.7 Å². The summed E-state index contributed by atoms with van der Waals surface area (Å²) in [7, 11) is 0.0585. The first-order valence-corrected chi connectivity index (χ1v) is 6.87. The van der Waals surface area contributed by atoms with Crippen LogP contribution in [0.2, 0.25) is 0 Å². The normalized spacial score (nSPS) is 11.2. The molecule has 0 spiro atoms. The predicted molar refractivity (Wildman–Crippen MR) is 74.3 cm³/mol. The van der Waals surface area contributed by atoms with E-state index in [1.54, 1.807) is 12.1 Å². The topological polar surface area (TPSA) is 37.4 Å².